The lowest BCUT2D eigenvalue weighted by molar-refractivity contribution is -0.142. The second-order valence-corrected chi connectivity index (χ2v) is 12.6. The molecule has 0 bridgehead atoms. The molecule has 3 saturated heterocycles. The number of likely N-dealkylation sites (tertiary alicyclic amines) is 1. The number of para-hydroxylation sites is 1. The monoisotopic (exact) mass is 623 g/mol. The predicted octanol–water partition coefficient (Wildman–Crippen LogP) is 1.45. The number of rotatable bonds is 5. The van der Waals surface area contributed by atoms with Crippen molar-refractivity contribution in [2.45, 2.75) is 81.6 Å². The zero-order valence-corrected chi connectivity index (χ0v) is 25.9. The lowest BCUT2D eigenvalue weighted by atomic mass is 9.83. The van der Waals surface area contributed by atoms with Gasteiger partial charge in [-0.1, -0.05) is 36.3 Å². The number of aromatic nitrogens is 3. The maximum absolute atomic E-state index is 14.2. The Labute approximate surface area is 263 Å². The average Bonchev–Trinajstić information content (AvgIpc) is 3.83. The third-order valence-electron chi connectivity index (χ3n) is 9.62. The second kappa shape index (κ2) is 14.7. The number of benzene rings is 1. The minimum Gasteiger partial charge on any atom is -0.487 e. The summed E-state index contributed by atoms with van der Waals surface area (Å²) in [5.41, 5.74) is -0.0716. The van der Waals surface area contributed by atoms with E-state index in [0.29, 0.717) is 50.7 Å². The fourth-order valence-corrected chi connectivity index (χ4v) is 7.26. The number of carbonyl (C=O) groups is 3. The van der Waals surface area contributed by atoms with Gasteiger partial charge in [0.15, 0.2) is 0 Å². The zero-order valence-electron chi connectivity index (χ0n) is 25.9. The summed E-state index contributed by atoms with van der Waals surface area (Å²) in [6, 6.07) is 8.89. The number of piperidine rings is 1. The smallest absolute Gasteiger partial charge is 0.246 e. The van der Waals surface area contributed by atoms with Gasteiger partial charge in [0.25, 0.3) is 0 Å². The molecular formula is C32H45N7O6. The van der Waals surface area contributed by atoms with Gasteiger partial charge in [-0.05, 0) is 44.2 Å². The maximum atomic E-state index is 14.2. The highest BCUT2D eigenvalue weighted by atomic mass is 16.5. The number of amides is 3. The molecule has 2 N–H and O–H groups in total. The molecule has 45 heavy (non-hydrogen) atoms. The van der Waals surface area contributed by atoms with Crippen molar-refractivity contribution in [1.29, 1.82) is 0 Å². The topological polar surface area (TPSA) is 140 Å². The largest absolute Gasteiger partial charge is 0.487 e. The highest BCUT2D eigenvalue weighted by Gasteiger charge is 2.47. The normalized spacial score (nSPS) is 26.0. The number of hydrogen-bond acceptors (Lipinski definition) is 9. The van der Waals surface area contributed by atoms with Crippen LogP contribution in [0, 0.1) is 0 Å². The van der Waals surface area contributed by atoms with E-state index in [4.69, 9.17) is 14.2 Å². The van der Waals surface area contributed by atoms with Gasteiger partial charge in [0, 0.05) is 32.2 Å². The van der Waals surface area contributed by atoms with E-state index in [9.17, 15) is 14.4 Å². The van der Waals surface area contributed by atoms with E-state index < -0.39 is 17.6 Å². The summed E-state index contributed by atoms with van der Waals surface area (Å²) in [5.74, 6) is 0.0879. The number of hydrogen-bond donors (Lipinski definition) is 2. The van der Waals surface area contributed by atoms with Crippen LogP contribution in [0.1, 0.15) is 63.1 Å². The quantitative estimate of drug-likeness (QED) is 0.507. The van der Waals surface area contributed by atoms with Gasteiger partial charge in [-0.25, -0.2) is 4.68 Å². The van der Waals surface area contributed by atoms with Crippen molar-refractivity contribution < 1.29 is 28.6 Å². The Morgan fingerprint density at radius 2 is 1.73 bits per heavy atom. The molecule has 2 atom stereocenters. The highest BCUT2D eigenvalue weighted by molar-refractivity contribution is 5.89. The zero-order chi connectivity index (χ0) is 31.1. The van der Waals surface area contributed by atoms with Crippen molar-refractivity contribution >= 4 is 17.7 Å². The molecule has 1 aliphatic carbocycles. The minimum atomic E-state index is -0.773. The van der Waals surface area contributed by atoms with E-state index in [2.05, 4.69) is 25.8 Å². The molecule has 6 rings (SSSR count). The SMILES string of the molecule is O=C1COCCOCCNC(=O)[C@@H]2[C@H](n3cc(COc4ccccc4)nn3)CCN2C(=O)CC2(CCN(C3CCCC3)CC2)N1. The van der Waals surface area contributed by atoms with Crippen LogP contribution in [0.4, 0.5) is 0 Å². The molecule has 0 radical (unpaired) electrons. The molecule has 4 heterocycles. The van der Waals surface area contributed by atoms with Crippen molar-refractivity contribution in [3.05, 3.63) is 42.2 Å². The Bertz CT molecular complexity index is 1290. The third-order valence-corrected chi connectivity index (χ3v) is 9.62. The van der Waals surface area contributed by atoms with Crippen LogP contribution >= 0.6 is 0 Å². The summed E-state index contributed by atoms with van der Waals surface area (Å²) in [5, 5.41) is 14.8. The van der Waals surface area contributed by atoms with E-state index in [0.717, 1.165) is 18.8 Å². The third kappa shape index (κ3) is 7.82. The first-order valence-corrected chi connectivity index (χ1v) is 16.4. The molecule has 3 aliphatic heterocycles. The summed E-state index contributed by atoms with van der Waals surface area (Å²) >= 11 is 0. The summed E-state index contributed by atoms with van der Waals surface area (Å²) in [7, 11) is 0. The van der Waals surface area contributed by atoms with E-state index in [1.165, 1.54) is 25.7 Å². The fraction of sp³-hybridized carbons (Fsp3) is 0.656. The molecule has 3 amide bonds. The molecule has 2 aromatic rings. The molecular weight excluding hydrogens is 578 g/mol. The Morgan fingerprint density at radius 1 is 0.956 bits per heavy atom. The predicted molar refractivity (Wildman–Crippen MR) is 163 cm³/mol. The van der Waals surface area contributed by atoms with Crippen LogP contribution < -0.4 is 15.4 Å². The molecule has 13 heteroatoms. The van der Waals surface area contributed by atoms with Crippen molar-refractivity contribution in [3.8, 4) is 5.75 Å². The lowest BCUT2D eigenvalue weighted by Gasteiger charge is -2.44. The van der Waals surface area contributed by atoms with Gasteiger partial charge < -0.3 is 34.6 Å². The molecule has 0 unspecified atom stereocenters. The lowest BCUT2D eigenvalue weighted by Crippen LogP contribution is -2.60. The first-order chi connectivity index (χ1) is 22.0. The standard InChI is InChI=1S/C32H45N7O6/c40-28-23-44-19-18-43-17-13-33-31(42)30-27(39-21-24(35-36-39)22-45-26-8-2-1-3-9-26)10-14-38(30)29(41)20-32(34-28)11-15-37(16-12-32)25-6-4-5-7-25/h1-3,8-9,21,25,27,30H,4-7,10-20,22-23H2,(H,33,42)(H,34,40)/t27-,30+/m1/s1. The van der Waals surface area contributed by atoms with E-state index >= 15 is 0 Å². The van der Waals surface area contributed by atoms with Crippen molar-refractivity contribution in [1.82, 2.24) is 35.4 Å². The molecule has 4 aliphatic rings. The number of nitrogens with one attached hydrogen (secondary N) is 2. The van der Waals surface area contributed by atoms with Crippen LogP contribution in [0.15, 0.2) is 36.5 Å². The summed E-state index contributed by atoms with van der Waals surface area (Å²) in [4.78, 5) is 45.1. The first-order valence-electron chi connectivity index (χ1n) is 16.4. The molecule has 1 spiro atoms. The van der Waals surface area contributed by atoms with Gasteiger partial charge in [-0.15, -0.1) is 5.10 Å². The number of ether oxygens (including phenoxy) is 3. The summed E-state index contributed by atoms with van der Waals surface area (Å²) in [6.07, 6.45) is 8.75. The van der Waals surface area contributed by atoms with Gasteiger partial charge in [-0.2, -0.15) is 0 Å². The molecule has 1 aromatic heterocycles. The summed E-state index contributed by atoms with van der Waals surface area (Å²) in [6.45, 7) is 3.36. The van der Waals surface area contributed by atoms with Crippen molar-refractivity contribution in [3.63, 3.8) is 0 Å². The highest BCUT2D eigenvalue weighted by Crippen LogP contribution is 2.35. The Kier molecular flexibility index (Phi) is 10.3. The summed E-state index contributed by atoms with van der Waals surface area (Å²) < 4.78 is 18.7. The Hall–Kier alpha value is -3.55. The Balaban J connectivity index is 1.19. The van der Waals surface area contributed by atoms with Crippen molar-refractivity contribution in [2.24, 2.45) is 0 Å². The van der Waals surface area contributed by atoms with Gasteiger partial charge in [0.05, 0.1) is 44.0 Å². The second-order valence-electron chi connectivity index (χ2n) is 12.6. The van der Waals surface area contributed by atoms with Crippen LogP contribution in [0.3, 0.4) is 0 Å². The molecule has 1 saturated carbocycles. The van der Waals surface area contributed by atoms with Crippen LogP contribution in [-0.2, 0) is 30.5 Å². The minimum absolute atomic E-state index is 0.0839. The van der Waals surface area contributed by atoms with E-state index in [-0.39, 0.29) is 50.6 Å². The molecule has 4 fully saturated rings. The van der Waals surface area contributed by atoms with Crippen LogP contribution in [0.2, 0.25) is 0 Å². The van der Waals surface area contributed by atoms with E-state index in [1.807, 2.05) is 30.3 Å². The number of carbonyl (C=O) groups excluding carboxylic acids is 3. The maximum Gasteiger partial charge on any atom is 0.246 e. The van der Waals surface area contributed by atoms with Crippen LogP contribution in [0.5, 0.6) is 5.75 Å². The fourth-order valence-electron chi connectivity index (χ4n) is 7.26. The van der Waals surface area contributed by atoms with Gasteiger partial charge >= 0.3 is 0 Å². The Morgan fingerprint density at radius 3 is 2.53 bits per heavy atom. The number of fused-ring (bicyclic) bond motifs is 1. The number of nitrogens with zero attached hydrogens (tertiary/aromatic N) is 5. The molecule has 244 valence electrons. The van der Waals surface area contributed by atoms with Crippen molar-refractivity contribution in [2.75, 3.05) is 52.6 Å². The molecule has 13 nitrogen and oxygen atoms in total. The van der Waals surface area contributed by atoms with Gasteiger partial charge in [0.2, 0.25) is 17.7 Å². The van der Waals surface area contributed by atoms with E-state index in [1.54, 1.807) is 15.8 Å². The first kappa shape index (κ1) is 31.4. The van der Waals surface area contributed by atoms with Crippen LogP contribution in [0.25, 0.3) is 0 Å². The van der Waals surface area contributed by atoms with Crippen LogP contribution in [-0.4, -0.2) is 113 Å². The molecule has 1 aromatic carbocycles. The van der Waals surface area contributed by atoms with Gasteiger partial charge in [0.1, 0.15) is 30.7 Å². The average molecular weight is 624 g/mol. The van der Waals surface area contributed by atoms with Gasteiger partial charge in [-0.3, -0.25) is 14.4 Å².